The van der Waals surface area contributed by atoms with Crippen molar-refractivity contribution >= 4 is 18.2 Å². The SMILES string of the molecule is Cc1cn(C)nc1NCc1cnn(C2CCCC2)c1.Cl. The van der Waals surface area contributed by atoms with Gasteiger partial charge < -0.3 is 5.32 Å². The molecule has 0 atom stereocenters. The van der Waals surface area contributed by atoms with E-state index < -0.39 is 0 Å². The molecule has 2 heterocycles. The van der Waals surface area contributed by atoms with Crippen molar-refractivity contribution in [1.29, 1.82) is 0 Å². The van der Waals surface area contributed by atoms with Gasteiger partial charge in [-0.05, 0) is 19.8 Å². The standard InChI is InChI=1S/C14H21N5.ClH/c1-11-9-18(2)17-14(11)15-7-12-8-16-19(10-12)13-5-3-4-6-13;/h8-10,13H,3-7H2,1-2H3,(H,15,17);1H. The van der Waals surface area contributed by atoms with E-state index in [-0.39, 0.29) is 12.4 Å². The molecule has 0 bridgehead atoms. The summed E-state index contributed by atoms with van der Waals surface area (Å²) in [6.45, 7) is 2.85. The Morgan fingerprint density at radius 3 is 2.70 bits per heavy atom. The average Bonchev–Trinajstić information content (AvgIpc) is 3.07. The Labute approximate surface area is 125 Å². The quantitative estimate of drug-likeness (QED) is 0.943. The third-order valence-electron chi connectivity index (χ3n) is 3.83. The highest BCUT2D eigenvalue weighted by Crippen LogP contribution is 2.28. The zero-order chi connectivity index (χ0) is 13.2. The summed E-state index contributed by atoms with van der Waals surface area (Å²) in [4.78, 5) is 0. The van der Waals surface area contributed by atoms with Crippen molar-refractivity contribution in [3.63, 3.8) is 0 Å². The molecule has 1 N–H and O–H groups in total. The van der Waals surface area contributed by atoms with Crippen LogP contribution in [0.3, 0.4) is 0 Å². The Kier molecular flexibility index (Phi) is 4.70. The Morgan fingerprint density at radius 1 is 1.30 bits per heavy atom. The molecule has 2 aromatic rings. The van der Waals surface area contributed by atoms with Crippen LogP contribution in [0.1, 0.15) is 42.9 Å². The minimum atomic E-state index is 0. The van der Waals surface area contributed by atoms with E-state index in [0.29, 0.717) is 6.04 Å². The van der Waals surface area contributed by atoms with Gasteiger partial charge in [-0.3, -0.25) is 9.36 Å². The lowest BCUT2D eigenvalue weighted by Gasteiger charge is -2.08. The van der Waals surface area contributed by atoms with E-state index in [2.05, 4.69) is 33.3 Å². The Bertz CT molecular complexity index is 554. The molecule has 6 heteroatoms. The number of anilines is 1. The molecule has 0 unspecified atom stereocenters. The molecule has 5 nitrogen and oxygen atoms in total. The fourth-order valence-electron chi connectivity index (χ4n) is 2.80. The molecule has 0 saturated heterocycles. The van der Waals surface area contributed by atoms with E-state index in [0.717, 1.165) is 12.4 Å². The molecule has 0 spiro atoms. The lowest BCUT2D eigenvalue weighted by atomic mass is 10.2. The summed E-state index contributed by atoms with van der Waals surface area (Å²) in [5.74, 6) is 0.955. The first kappa shape index (κ1) is 14.9. The molecular weight excluding hydrogens is 274 g/mol. The van der Waals surface area contributed by atoms with Crippen LogP contribution in [0.2, 0.25) is 0 Å². The maximum atomic E-state index is 4.49. The third kappa shape index (κ3) is 3.15. The zero-order valence-corrected chi connectivity index (χ0v) is 12.9. The summed E-state index contributed by atoms with van der Waals surface area (Å²) in [5, 5.41) is 12.2. The van der Waals surface area contributed by atoms with Crippen LogP contribution in [0.25, 0.3) is 0 Å². The van der Waals surface area contributed by atoms with Crippen LogP contribution in [0, 0.1) is 6.92 Å². The third-order valence-corrected chi connectivity index (χ3v) is 3.83. The largest absolute Gasteiger partial charge is 0.364 e. The van der Waals surface area contributed by atoms with Crippen LogP contribution >= 0.6 is 12.4 Å². The zero-order valence-electron chi connectivity index (χ0n) is 12.0. The summed E-state index contributed by atoms with van der Waals surface area (Å²) in [6.07, 6.45) is 11.4. The second kappa shape index (κ2) is 6.31. The van der Waals surface area contributed by atoms with Gasteiger partial charge in [0.05, 0.1) is 12.2 Å². The maximum Gasteiger partial charge on any atom is 0.151 e. The monoisotopic (exact) mass is 295 g/mol. The lowest BCUT2D eigenvalue weighted by molar-refractivity contribution is 0.466. The van der Waals surface area contributed by atoms with Crippen molar-refractivity contribution in [3.8, 4) is 0 Å². The smallest absolute Gasteiger partial charge is 0.151 e. The lowest BCUT2D eigenvalue weighted by Crippen LogP contribution is -2.05. The summed E-state index contributed by atoms with van der Waals surface area (Å²) in [5.41, 5.74) is 2.39. The first-order valence-electron chi connectivity index (χ1n) is 6.99. The summed E-state index contributed by atoms with van der Waals surface area (Å²) >= 11 is 0. The number of nitrogens with one attached hydrogen (secondary N) is 1. The van der Waals surface area contributed by atoms with Gasteiger partial charge >= 0.3 is 0 Å². The van der Waals surface area contributed by atoms with E-state index >= 15 is 0 Å². The second-order valence-electron chi connectivity index (χ2n) is 5.45. The van der Waals surface area contributed by atoms with Crippen molar-refractivity contribution in [3.05, 3.63) is 29.7 Å². The van der Waals surface area contributed by atoms with Crippen LogP contribution in [-0.4, -0.2) is 19.6 Å². The number of rotatable bonds is 4. The van der Waals surface area contributed by atoms with Gasteiger partial charge in [0.1, 0.15) is 0 Å². The molecule has 0 radical (unpaired) electrons. The van der Waals surface area contributed by atoms with Gasteiger partial charge in [-0.1, -0.05) is 12.8 Å². The Morgan fingerprint density at radius 2 is 2.05 bits per heavy atom. The number of hydrogen-bond acceptors (Lipinski definition) is 3. The molecule has 20 heavy (non-hydrogen) atoms. The average molecular weight is 296 g/mol. The van der Waals surface area contributed by atoms with Crippen molar-refractivity contribution in [2.45, 2.75) is 45.2 Å². The Balaban J connectivity index is 0.00000147. The van der Waals surface area contributed by atoms with E-state index in [1.54, 1.807) is 0 Å². The predicted octanol–water partition coefficient (Wildman–Crippen LogP) is 3.07. The topological polar surface area (TPSA) is 47.7 Å². The summed E-state index contributed by atoms with van der Waals surface area (Å²) < 4.78 is 3.97. The number of halogens is 1. The molecular formula is C14H22ClN5. The maximum absolute atomic E-state index is 4.49. The Hall–Kier alpha value is -1.49. The minimum absolute atomic E-state index is 0. The van der Waals surface area contributed by atoms with Crippen molar-refractivity contribution in [1.82, 2.24) is 19.6 Å². The van der Waals surface area contributed by atoms with Crippen LogP contribution in [0.15, 0.2) is 18.6 Å². The van der Waals surface area contributed by atoms with Gasteiger partial charge in [0.2, 0.25) is 0 Å². The highest BCUT2D eigenvalue weighted by Gasteiger charge is 2.17. The van der Waals surface area contributed by atoms with E-state index in [9.17, 15) is 0 Å². The molecule has 1 saturated carbocycles. The normalized spacial score (nSPS) is 15.3. The summed E-state index contributed by atoms with van der Waals surface area (Å²) in [6, 6.07) is 0.616. The van der Waals surface area contributed by atoms with Crippen LogP contribution in [0.4, 0.5) is 5.82 Å². The van der Waals surface area contributed by atoms with E-state index in [1.807, 2.05) is 24.1 Å². The molecule has 0 aromatic carbocycles. The number of hydrogen-bond donors (Lipinski definition) is 1. The van der Waals surface area contributed by atoms with Crippen LogP contribution in [-0.2, 0) is 13.6 Å². The van der Waals surface area contributed by atoms with Gasteiger partial charge in [0, 0.05) is 37.1 Å². The van der Waals surface area contributed by atoms with Gasteiger partial charge in [0.25, 0.3) is 0 Å². The first-order chi connectivity index (χ1) is 9.22. The molecule has 1 aliphatic rings. The first-order valence-corrected chi connectivity index (χ1v) is 6.99. The van der Waals surface area contributed by atoms with Crippen LogP contribution in [0.5, 0.6) is 0 Å². The fourth-order valence-corrected chi connectivity index (χ4v) is 2.80. The van der Waals surface area contributed by atoms with Crippen molar-refractivity contribution in [2.75, 3.05) is 5.32 Å². The molecule has 110 valence electrons. The highest BCUT2D eigenvalue weighted by molar-refractivity contribution is 5.85. The van der Waals surface area contributed by atoms with Crippen molar-refractivity contribution in [2.24, 2.45) is 7.05 Å². The minimum Gasteiger partial charge on any atom is -0.364 e. The van der Waals surface area contributed by atoms with Gasteiger partial charge in [-0.25, -0.2) is 0 Å². The molecule has 2 aromatic heterocycles. The van der Waals surface area contributed by atoms with Gasteiger partial charge in [-0.15, -0.1) is 12.4 Å². The molecule has 1 fully saturated rings. The van der Waals surface area contributed by atoms with Crippen LogP contribution < -0.4 is 5.32 Å². The molecule has 0 amide bonds. The number of aromatic nitrogens is 4. The summed E-state index contributed by atoms with van der Waals surface area (Å²) in [7, 11) is 1.94. The van der Waals surface area contributed by atoms with Gasteiger partial charge in [-0.2, -0.15) is 10.2 Å². The second-order valence-corrected chi connectivity index (χ2v) is 5.45. The van der Waals surface area contributed by atoms with E-state index in [4.69, 9.17) is 0 Å². The predicted molar refractivity (Wildman–Crippen MR) is 82.3 cm³/mol. The number of aryl methyl sites for hydroxylation is 2. The molecule has 0 aliphatic heterocycles. The van der Waals surface area contributed by atoms with Crippen molar-refractivity contribution < 1.29 is 0 Å². The molecule has 1 aliphatic carbocycles. The number of nitrogens with zero attached hydrogens (tertiary/aromatic N) is 4. The highest BCUT2D eigenvalue weighted by atomic mass is 35.5. The van der Waals surface area contributed by atoms with Gasteiger partial charge in [0.15, 0.2) is 5.82 Å². The fraction of sp³-hybridized carbons (Fsp3) is 0.571. The molecule has 3 rings (SSSR count). The van der Waals surface area contributed by atoms with E-state index in [1.165, 1.54) is 36.8 Å².